The first-order valence-electron chi connectivity index (χ1n) is 7.85. The van der Waals surface area contributed by atoms with Crippen LogP contribution in [0.5, 0.6) is 5.75 Å². The van der Waals surface area contributed by atoms with Crippen LogP contribution in [0.15, 0.2) is 48.5 Å². The molecule has 2 aromatic carbocycles. The topological polar surface area (TPSA) is 76.1 Å². The fraction of sp³-hybridized carbons (Fsp3) is 0.167. The van der Waals surface area contributed by atoms with Crippen LogP contribution in [0, 0.1) is 6.92 Å². The minimum atomic E-state index is -0.352. The number of ether oxygens (including phenoxy) is 1. The summed E-state index contributed by atoms with van der Waals surface area (Å²) in [6.45, 7) is 4.53. The second-order valence-electron chi connectivity index (χ2n) is 5.32. The second-order valence-corrected chi connectivity index (χ2v) is 6.30. The Morgan fingerprint density at radius 2 is 1.92 bits per heavy atom. The summed E-state index contributed by atoms with van der Waals surface area (Å²) in [5.41, 5.74) is 2.75. The number of amides is 2. The van der Waals surface area contributed by atoms with Crippen LogP contribution in [0.3, 0.4) is 0 Å². The van der Waals surface area contributed by atoms with Crippen molar-refractivity contribution in [3.05, 3.63) is 54.1 Å². The van der Waals surface area contributed by atoms with Crippen molar-refractivity contribution in [2.45, 2.75) is 13.8 Å². The van der Waals surface area contributed by atoms with Crippen LogP contribution in [0.4, 0.5) is 15.6 Å². The number of anilines is 2. The van der Waals surface area contributed by atoms with Crippen LogP contribution in [0.2, 0.25) is 0 Å². The zero-order chi connectivity index (χ0) is 17.6. The number of rotatable bonds is 5. The largest absolute Gasteiger partial charge is 0.494 e. The summed E-state index contributed by atoms with van der Waals surface area (Å²) in [5.74, 6) is 0.779. The number of aryl methyl sites for hydroxylation is 1. The van der Waals surface area contributed by atoms with Crippen molar-refractivity contribution in [1.29, 1.82) is 0 Å². The van der Waals surface area contributed by atoms with Crippen molar-refractivity contribution in [1.82, 2.24) is 10.2 Å². The predicted molar refractivity (Wildman–Crippen MR) is 100 cm³/mol. The fourth-order valence-electron chi connectivity index (χ4n) is 2.17. The van der Waals surface area contributed by atoms with Gasteiger partial charge in [0.15, 0.2) is 0 Å². The molecule has 0 saturated carbocycles. The molecule has 0 saturated heterocycles. The number of nitrogens with zero attached hydrogens (tertiary/aromatic N) is 2. The normalized spacial score (nSPS) is 10.3. The molecule has 6 nitrogen and oxygen atoms in total. The Balaban J connectivity index is 1.66. The molecule has 3 aromatic rings. The van der Waals surface area contributed by atoms with E-state index in [1.54, 1.807) is 0 Å². The van der Waals surface area contributed by atoms with Gasteiger partial charge in [-0.15, -0.1) is 10.2 Å². The van der Waals surface area contributed by atoms with E-state index in [0.717, 1.165) is 22.6 Å². The average Bonchev–Trinajstić information content (AvgIpc) is 3.06. The van der Waals surface area contributed by atoms with Crippen molar-refractivity contribution in [2.75, 3.05) is 17.2 Å². The molecule has 2 amide bonds. The molecule has 0 unspecified atom stereocenters. The van der Waals surface area contributed by atoms with Crippen LogP contribution in [0.1, 0.15) is 12.5 Å². The minimum Gasteiger partial charge on any atom is -0.494 e. The highest BCUT2D eigenvalue weighted by atomic mass is 32.1. The van der Waals surface area contributed by atoms with Gasteiger partial charge in [-0.25, -0.2) is 4.79 Å². The standard InChI is InChI=1S/C18H18N4O2S/c1-3-24-15-6-4-5-13(11-15)16-21-22-18(25-16)20-17(23)19-14-9-7-12(2)8-10-14/h4-11H,3H2,1-2H3,(H2,19,20,22,23). The van der Waals surface area contributed by atoms with Gasteiger partial charge in [0, 0.05) is 11.3 Å². The Kier molecular flexibility index (Phi) is 5.25. The number of carbonyl (C=O) groups excluding carboxylic acids is 1. The Hall–Kier alpha value is -2.93. The molecule has 0 radical (unpaired) electrons. The number of nitrogens with one attached hydrogen (secondary N) is 2. The molecule has 0 aliphatic heterocycles. The molecule has 0 fully saturated rings. The number of hydrogen-bond donors (Lipinski definition) is 2. The quantitative estimate of drug-likeness (QED) is 0.704. The zero-order valence-electron chi connectivity index (χ0n) is 13.9. The molecule has 2 N–H and O–H groups in total. The smallest absolute Gasteiger partial charge is 0.325 e. The minimum absolute atomic E-state index is 0.352. The number of aromatic nitrogens is 2. The highest BCUT2D eigenvalue weighted by molar-refractivity contribution is 7.18. The van der Waals surface area contributed by atoms with Gasteiger partial charge in [0.2, 0.25) is 5.13 Å². The molecule has 0 bridgehead atoms. The predicted octanol–water partition coefficient (Wildman–Crippen LogP) is 4.56. The van der Waals surface area contributed by atoms with Gasteiger partial charge in [-0.3, -0.25) is 5.32 Å². The molecule has 3 rings (SSSR count). The lowest BCUT2D eigenvalue weighted by molar-refractivity contribution is 0.262. The summed E-state index contributed by atoms with van der Waals surface area (Å²) in [5, 5.41) is 14.8. The summed E-state index contributed by atoms with van der Waals surface area (Å²) in [4.78, 5) is 12.0. The van der Waals surface area contributed by atoms with Gasteiger partial charge in [0.25, 0.3) is 0 Å². The molecule has 0 aliphatic carbocycles. The molecule has 0 aliphatic rings. The summed E-state index contributed by atoms with van der Waals surface area (Å²) < 4.78 is 5.49. The van der Waals surface area contributed by atoms with Crippen molar-refractivity contribution in [2.24, 2.45) is 0 Å². The van der Waals surface area contributed by atoms with Gasteiger partial charge >= 0.3 is 6.03 Å². The SMILES string of the molecule is CCOc1cccc(-c2nnc(NC(=O)Nc3ccc(C)cc3)s2)c1. The molecule has 25 heavy (non-hydrogen) atoms. The van der Waals surface area contributed by atoms with Crippen LogP contribution < -0.4 is 15.4 Å². The summed E-state index contributed by atoms with van der Waals surface area (Å²) >= 11 is 1.30. The number of urea groups is 1. The van der Waals surface area contributed by atoms with Crippen molar-refractivity contribution in [3.63, 3.8) is 0 Å². The van der Waals surface area contributed by atoms with E-state index in [4.69, 9.17) is 4.74 Å². The van der Waals surface area contributed by atoms with Crippen LogP contribution in [-0.2, 0) is 0 Å². The monoisotopic (exact) mass is 354 g/mol. The molecule has 1 heterocycles. The first-order chi connectivity index (χ1) is 12.1. The molecular formula is C18H18N4O2S. The molecule has 128 valence electrons. The van der Waals surface area contributed by atoms with Crippen LogP contribution in [-0.4, -0.2) is 22.8 Å². The van der Waals surface area contributed by atoms with Crippen LogP contribution >= 0.6 is 11.3 Å². The van der Waals surface area contributed by atoms with Gasteiger partial charge in [0.1, 0.15) is 10.8 Å². The number of benzene rings is 2. The van der Waals surface area contributed by atoms with E-state index in [9.17, 15) is 4.79 Å². The van der Waals surface area contributed by atoms with Gasteiger partial charge in [-0.1, -0.05) is 41.2 Å². The maximum Gasteiger partial charge on any atom is 0.325 e. The first kappa shape index (κ1) is 16.9. The van der Waals surface area contributed by atoms with Crippen molar-refractivity contribution < 1.29 is 9.53 Å². The Bertz CT molecular complexity index is 862. The highest BCUT2D eigenvalue weighted by Crippen LogP contribution is 2.28. The van der Waals surface area contributed by atoms with E-state index < -0.39 is 0 Å². The molecule has 1 aromatic heterocycles. The highest BCUT2D eigenvalue weighted by Gasteiger charge is 2.10. The van der Waals surface area contributed by atoms with E-state index in [0.29, 0.717) is 16.7 Å². The van der Waals surface area contributed by atoms with E-state index in [-0.39, 0.29) is 6.03 Å². The summed E-state index contributed by atoms with van der Waals surface area (Å²) in [7, 11) is 0. The van der Waals surface area contributed by atoms with Gasteiger partial charge < -0.3 is 10.1 Å². The number of carbonyl (C=O) groups is 1. The third-order valence-corrected chi connectivity index (χ3v) is 4.23. The Morgan fingerprint density at radius 3 is 2.68 bits per heavy atom. The lowest BCUT2D eigenvalue weighted by Gasteiger charge is -2.05. The van der Waals surface area contributed by atoms with E-state index in [2.05, 4.69) is 20.8 Å². The fourth-order valence-corrected chi connectivity index (χ4v) is 2.91. The second kappa shape index (κ2) is 7.76. The lowest BCUT2D eigenvalue weighted by atomic mass is 10.2. The lowest BCUT2D eigenvalue weighted by Crippen LogP contribution is -2.19. The molecule has 0 atom stereocenters. The third-order valence-electron chi connectivity index (χ3n) is 3.35. The maximum absolute atomic E-state index is 12.0. The molecule has 0 spiro atoms. The molecular weight excluding hydrogens is 336 g/mol. The zero-order valence-corrected chi connectivity index (χ0v) is 14.8. The summed E-state index contributed by atoms with van der Waals surface area (Å²) in [6.07, 6.45) is 0. The number of hydrogen-bond acceptors (Lipinski definition) is 5. The third kappa shape index (κ3) is 4.54. The van der Waals surface area contributed by atoms with Gasteiger partial charge in [0.05, 0.1) is 6.61 Å². The Morgan fingerprint density at radius 1 is 1.12 bits per heavy atom. The average molecular weight is 354 g/mol. The van der Waals surface area contributed by atoms with E-state index >= 15 is 0 Å². The van der Waals surface area contributed by atoms with Crippen molar-refractivity contribution >= 4 is 28.2 Å². The van der Waals surface area contributed by atoms with Crippen molar-refractivity contribution in [3.8, 4) is 16.3 Å². The van der Waals surface area contributed by atoms with Crippen LogP contribution in [0.25, 0.3) is 10.6 Å². The maximum atomic E-state index is 12.0. The van der Waals surface area contributed by atoms with E-state index in [1.807, 2.05) is 62.4 Å². The van der Waals surface area contributed by atoms with Gasteiger partial charge in [-0.05, 0) is 38.1 Å². The first-order valence-corrected chi connectivity index (χ1v) is 8.67. The molecule has 7 heteroatoms. The van der Waals surface area contributed by atoms with Gasteiger partial charge in [-0.2, -0.15) is 0 Å². The summed E-state index contributed by atoms with van der Waals surface area (Å²) in [6, 6.07) is 14.8. The Labute approximate surface area is 149 Å². The van der Waals surface area contributed by atoms with E-state index in [1.165, 1.54) is 11.3 Å².